The lowest BCUT2D eigenvalue weighted by atomic mass is 9.80. The Balaban J connectivity index is 2.04. The molecule has 1 aliphatic carbocycles. The first-order valence-electron chi connectivity index (χ1n) is 8.82. The molecule has 2 atom stereocenters. The molecule has 0 aromatic carbocycles. The predicted octanol–water partition coefficient (Wildman–Crippen LogP) is 4.21. The fourth-order valence-corrected chi connectivity index (χ4v) is 4.07. The number of nitrogens with one attached hydrogen (secondary N) is 1. The number of likely N-dealkylation sites (N-methyl/N-ethyl adjacent to an activating group) is 1. The molecule has 0 spiro atoms. The normalized spacial score (nSPS) is 30.7. The van der Waals surface area contributed by atoms with Gasteiger partial charge in [-0.2, -0.15) is 13.2 Å². The zero-order valence-corrected chi connectivity index (χ0v) is 13.9. The molecule has 3 nitrogen and oxygen atoms in total. The van der Waals surface area contributed by atoms with Crippen LogP contribution in [0.5, 0.6) is 0 Å². The molecule has 134 valence electrons. The summed E-state index contributed by atoms with van der Waals surface area (Å²) < 4.78 is 45.9. The van der Waals surface area contributed by atoms with E-state index >= 15 is 0 Å². The van der Waals surface area contributed by atoms with E-state index in [1.807, 2.05) is 0 Å². The number of carbonyl (C=O) groups excluding carboxylic acids is 1. The summed E-state index contributed by atoms with van der Waals surface area (Å²) in [6, 6.07) is 0. The zero-order valence-electron chi connectivity index (χ0n) is 13.9. The van der Waals surface area contributed by atoms with Crippen molar-refractivity contribution in [1.82, 2.24) is 5.32 Å². The van der Waals surface area contributed by atoms with Gasteiger partial charge in [0.25, 0.3) is 5.91 Å². The van der Waals surface area contributed by atoms with Crippen molar-refractivity contribution in [3.63, 3.8) is 0 Å². The van der Waals surface area contributed by atoms with Gasteiger partial charge in [0, 0.05) is 13.7 Å². The molecular formula is C17H28F3NO2. The molecule has 0 radical (unpaired) electrons. The molecule has 0 bridgehead atoms. The summed E-state index contributed by atoms with van der Waals surface area (Å²) in [6.45, 7) is -0.00708. The van der Waals surface area contributed by atoms with Crippen LogP contribution in [0.4, 0.5) is 13.2 Å². The number of halogens is 3. The summed E-state index contributed by atoms with van der Waals surface area (Å²) in [4.78, 5) is 12.0. The SMILES string of the molecule is CNC(=O)[C@]1(C(F)(F)F)C[C@H](CCC2CCCCC2)CCCO1. The van der Waals surface area contributed by atoms with Gasteiger partial charge < -0.3 is 10.1 Å². The quantitative estimate of drug-likeness (QED) is 0.836. The van der Waals surface area contributed by atoms with Crippen LogP contribution in [0.15, 0.2) is 0 Å². The molecule has 2 aliphatic rings. The van der Waals surface area contributed by atoms with Gasteiger partial charge in [-0.25, -0.2) is 0 Å². The van der Waals surface area contributed by atoms with E-state index in [0.717, 1.165) is 12.8 Å². The van der Waals surface area contributed by atoms with Crippen molar-refractivity contribution < 1.29 is 22.7 Å². The lowest BCUT2D eigenvalue weighted by molar-refractivity contribution is -0.269. The molecule has 1 heterocycles. The minimum Gasteiger partial charge on any atom is -0.357 e. The van der Waals surface area contributed by atoms with E-state index in [2.05, 4.69) is 5.32 Å². The number of hydrogen-bond acceptors (Lipinski definition) is 2. The topological polar surface area (TPSA) is 38.3 Å². The average Bonchev–Trinajstić information content (AvgIpc) is 2.76. The third kappa shape index (κ3) is 4.40. The number of rotatable bonds is 4. The third-order valence-electron chi connectivity index (χ3n) is 5.44. The van der Waals surface area contributed by atoms with Crippen molar-refractivity contribution in [3.8, 4) is 0 Å². The summed E-state index contributed by atoms with van der Waals surface area (Å²) in [6.07, 6.45) is 4.27. The van der Waals surface area contributed by atoms with Crippen LogP contribution in [0.3, 0.4) is 0 Å². The molecule has 1 aliphatic heterocycles. The lowest BCUT2D eigenvalue weighted by Gasteiger charge is -2.34. The number of amides is 1. The fraction of sp³-hybridized carbons (Fsp3) is 0.941. The van der Waals surface area contributed by atoms with Gasteiger partial charge in [0.1, 0.15) is 0 Å². The Morgan fingerprint density at radius 2 is 1.70 bits per heavy atom. The van der Waals surface area contributed by atoms with Gasteiger partial charge in [-0.1, -0.05) is 44.9 Å². The number of ether oxygens (including phenoxy) is 1. The second kappa shape index (κ2) is 7.86. The summed E-state index contributed by atoms with van der Waals surface area (Å²) in [7, 11) is 1.24. The van der Waals surface area contributed by atoms with Crippen LogP contribution in [-0.2, 0) is 9.53 Å². The molecule has 1 amide bonds. The maximum absolute atomic E-state index is 13.6. The van der Waals surface area contributed by atoms with E-state index < -0.39 is 17.7 Å². The highest BCUT2D eigenvalue weighted by molar-refractivity contribution is 5.86. The highest BCUT2D eigenvalue weighted by atomic mass is 19.4. The molecule has 2 fully saturated rings. The lowest BCUT2D eigenvalue weighted by Crippen LogP contribution is -2.58. The highest BCUT2D eigenvalue weighted by Gasteiger charge is 2.62. The Kier molecular flexibility index (Phi) is 6.34. The maximum atomic E-state index is 13.6. The van der Waals surface area contributed by atoms with Gasteiger partial charge in [0.2, 0.25) is 5.60 Å². The van der Waals surface area contributed by atoms with E-state index in [-0.39, 0.29) is 18.9 Å². The van der Waals surface area contributed by atoms with Crippen LogP contribution in [0.1, 0.15) is 64.2 Å². The fourth-order valence-electron chi connectivity index (χ4n) is 4.07. The van der Waals surface area contributed by atoms with Crippen LogP contribution >= 0.6 is 0 Å². The summed E-state index contributed by atoms with van der Waals surface area (Å²) in [5.41, 5.74) is -2.67. The standard InChI is InChI=1S/C17H28F3NO2/c1-21-15(22)16(17(18,19)20)12-14(8-5-11-23-16)10-9-13-6-3-2-4-7-13/h13-14H,2-12H2,1H3,(H,21,22)/t14-,16-/m0/s1. The van der Waals surface area contributed by atoms with Gasteiger partial charge in [-0.3, -0.25) is 4.79 Å². The van der Waals surface area contributed by atoms with Crippen molar-refractivity contribution in [2.45, 2.75) is 76.0 Å². The molecule has 1 saturated heterocycles. The molecule has 1 saturated carbocycles. The summed E-state index contributed by atoms with van der Waals surface area (Å²) >= 11 is 0. The molecule has 0 aromatic rings. The van der Waals surface area contributed by atoms with Gasteiger partial charge in [0.05, 0.1) is 0 Å². The Labute approximate surface area is 136 Å². The predicted molar refractivity (Wildman–Crippen MR) is 82.0 cm³/mol. The van der Waals surface area contributed by atoms with Crippen molar-refractivity contribution in [3.05, 3.63) is 0 Å². The molecular weight excluding hydrogens is 307 g/mol. The second-order valence-corrected chi connectivity index (χ2v) is 7.05. The van der Waals surface area contributed by atoms with Crippen molar-refractivity contribution in [2.24, 2.45) is 11.8 Å². The Morgan fingerprint density at radius 1 is 1.09 bits per heavy atom. The molecule has 6 heteroatoms. The monoisotopic (exact) mass is 335 g/mol. The number of carbonyl (C=O) groups is 1. The first-order chi connectivity index (χ1) is 10.9. The Bertz CT molecular complexity index is 394. The van der Waals surface area contributed by atoms with Crippen LogP contribution in [0.25, 0.3) is 0 Å². The van der Waals surface area contributed by atoms with E-state index in [1.54, 1.807) is 0 Å². The minimum atomic E-state index is -4.68. The van der Waals surface area contributed by atoms with Gasteiger partial charge in [0.15, 0.2) is 0 Å². The molecule has 1 N–H and O–H groups in total. The second-order valence-electron chi connectivity index (χ2n) is 7.05. The zero-order chi connectivity index (χ0) is 16.9. The molecule has 23 heavy (non-hydrogen) atoms. The number of hydrogen-bond donors (Lipinski definition) is 1. The van der Waals surface area contributed by atoms with E-state index in [9.17, 15) is 18.0 Å². The van der Waals surface area contributed by atoms with Gasteiger partial charge >= 0.3 is 6.18 Å². The smallest absolute Gasteiger partial charge is 0.357 e. The van der Waals surface area contributed by atoms with Gasteiger partial charge in [-0.05, 0) is 31.1 Å². The highest BCUT2D eigenvalue weighted by Crippen LogP contribution is 2.43. The van der Waals surface area contributed by atoms with Crippen molar-refractivity contribution in [1.29, 1.82) is 0 Å². The average molecular weight is 335 g/mol. The Morgan fingerprint density at radius 3 is 2.30 bits per heavy atom. The first-order valence-corrected chi connectivity index (χ1v) is 8.82. The third-order valence-corrected chi connectivity index (χ3v) is 5.44. The van der Waals surface area contributed by atoms with Crippen molar-refractivity contribution in [2.75, 3.05) is 13.7 Å². The minimum absolute atomic E-state index is 0.00708. The van der Waals surface area contributed by atoms with Crippen LogP contribution in [0.2, 0.25) is 0 Å². The van der Waals surface area contributed by atoms with Gasteiger partial charge in [-0.15, -0.1) is 0 Å². The van der Waals surface area contributed by atoms with E-state index in [0.29, 0.717) is 18.8 Å². The summed E-state index contributed by atoms with van der Waals surface area (Å²) in [5, 5.41) is 2.15. The Hall–Kier alpha value is -0.780. The molecule has 2 rings (SSSR count). The number of alkyl halides is 3. The van der Waals surface area contributed by atoms with Crippen LogP contribution in [-0.4, -0.2) is 31.3 Å². The van der Waals surface area contributed by atoms with E-state index in [4.69, 9.17) is 4.74 Å². The first kappa shape index (κ1) is 18.6. The molecule has 0 unspecified atom stereocenters. The van der Waals surface area contributed by atoms with Crippen LogP contribution < -0.4 is 5.32 Å². The molecule has 0 aromatic heterocycles. The maximum Gasteiger partial charge on any atom is 0.426 e. The van der Waals surface area contributed by atoms with Crippen molar-refractivity contribution >= 4 is 5.91 Å². The summed E-state index contributed by atoms with van der Waals surface area (Å²) in [5.74, 6) is -0.513. The largest absolute Gasteiger partial charge is 0.426 e. The van der Waals surface area contributed by atoms with E-state index in [1.165, 1.54) is 39.2 Å². The van der Waals surface area contributed by atoms with Crippen LogP contribution in [0, 0.1) is 11.8 Å².